The van der Waals surface area contributed by atoms with Crippen LogP contribution in [0.5, 0.6) is 5.75 Å². The van der Waals surface area contributed by atoms with Crippen molar-refractivity contribution in [2.45, 2.75) is 6.42 Å². The molecule has 94 valence electrons. The largest absolute Gasteiger partial charge is 0.496 e. The van der Waals surface area contributed by atoms with Crippen LogP contribution >= 0.6 is 15.9 Å². The molecule has 0 aliphatic heterocycles. The van der Waals surface area contributed by atoms with Gasteiger partial charge in [-0.15, -0.1) is 0 Å². The van der Waals surface area contributed by atoms with E-state index in [0.717, 1.165) is 10.3 Å². The first-order chi connectivity index (χ1) is 8.61. The molecule has 2 aromatic rings. The van der Waals surface area contributed by atoms with Gasteiger partial charge in [-0.05, 0) is 34.1 Å². The molecule has 1 heterocycles. The van der Waals surface area contributed by atoms with Gasteiger partial charge in [-0.25, -0.2) is 4.98 Å². The molecule has 1 aromatic carbocycles. The van der Waals surface area contributed by atoms with Crippen LogP contribution < -0.4 is 4.74 Å². The SMILES string of the molecule is COc1ccc(C(=O)Cc2nccn2C)cc1Br. The number of halogens is 1. The Balaban J connectivity index is 2.19. The quantitative estimate of drug-likeness (QED) is 0.816. The summed E-state index contributed by atoms with van der Waals surface area (Å²) in [7, 11) is 3.47. The minimum absolute atomic E-state index is 0.0349. The number of rotatable bonds is 4. The summed E-state index contributed by atoms with van der Waals surface area (Å²) < 4.78 is 7.75. The highest BCUT2D eigenvalue weighted by Gasteiger charge is 2.12. The molecule has 0 N–H and O–H groups in total. The first kappa shape index (κ1) is 12.8. The summed E-state index contributed by atoms with van der Waals surface area (Å²) in [6.45, 7) is 0. The number of hydrogen-bond acceptors (Lipinski definition) is 3. The Bertz CT molecular complexity index is 578. The molecule has 0 unspecified atom stereocenters. The summed E-state index contributed by atoms with van der Waals surface area (Å²) >= 11 is 3.37. The van der Waals surface area contributed by atoms with Gasteiger partial charge in [0, 0.05) is 25.0 Å². The van der Waals surface area contributed by atoms with Gasteiger partial charge in [0.1, 0.15) is 11.6 Å². The molecule has 0 aliphatic carbocycles. The Hall–Kier alpha value is -1.62. The predicted molar refractivity (Wildman–Crippen MR) is 71.9 cm³/mol. The maximum absolute atomic E-state index is 12.1. The number of imidazole rings is 1. The Morgan fingerprint density at radius 3 is 2.83 bits per heavy atom. The number of methoxy groups -OCH3 is 1. The molecule has 5 heteroatoms. The minimum Gasteiger partial charge on any atom is -0.496 e. The summed E-state index contributed by atoms with van der Waals surface area (Å²) in [4.78, 5) is 16.2. The maximum Gasteiger partial charge on any atom is 0.170 e. The normalized spacial score (nSPS) is 10.4. The molecular formula is C13H13BrN2O2. The van der Waals surface area contributed by atoms with Gasteiger partial charge >= 0.3 is 0 Å². The molecule has 4 nitrogen and oxygen atoms in total. The number of carbonyl (C=O) groups excluding carboxylic acids is 1. The van der Waals surface area contributed by atoms with E-state index in [9.17, 15) is 4.79 Å². The van der Waals surface area contributed by atoms with Gasteiger partial charge in [0.05, 0.1) is 18.0 Å². The summed E-state index contributed by atoms with van der Waals surface area (Å²) in [6, 6.07) is 5.30. The Kier molecular flexibility index (Phi) is 3.81. The van der Waals surface area contributed by atoms with E-state index in [1.54, 1.807) is 31.5 Å². The van der Waals surface area contributed by atoms with E-state index in [1.807, 2.05) is 17.8 Å². The monoisotopic (exact) mass is 308 g/mol. The summed E-state index contributed by atoms with van der Waals surface area (Å²) in [5.41, 5.74) is 0.644. The van der Waals surface area contributed by atoms with Crippen molar-refractivity contribution in [3.05, 3.63) is 46.5 Å². The third kappa shape index (κ3) is 2.61. The Morgan fingerprint density at radius 1 is 1.50 bits per heavy atom. The Labute approximate surface area is 114 Å². The van der Waals surface area contributed by atoms with Gasteiger partial charge in [-0.3, -0.25) is 4.79 Å². The van der Waals surface area contributed by atoms with E-state index in [1.165, 1.54) is 0 Å². The number of benzene rings is 1. The molecule has 0 saturated carbocycles. The predicted octanol–water partition coefficient (Wildman–Crippen LogP) is 2.62. The van der Waals surface area contributed by atoms with Crippen LogP contribution in [0.1, 0.15) is 16.2 Å². The van der Waals surface area contributed by atoms with E-state index in [-0.39, 0.29) is 5.78 Å². The molecule has 1 aromatic heterocycles. The molecule has 18 heavy (non-hydrogen) atoms. The summed E-state index contributed by atoms with van der Waals surface area (Å²) in [5.74, 6) is 1.50. The zero-order chi connectivity index (χ0) is 13.1. The van der Waals surface area contributed by atoms with Crippen molar-refractivity contribution in [1.82, 2.24) is 9.55 Å². The van der Waals surface area contributed by atoms with Crippen LogP contribution in [0.15, 0.2) is 35.1 Å². The van der Waals surface area contributed by atoms with Crippen molar-refractivity contribution >= 4 is 21.7 Å². The van der Waals surface area contributed by atoms with Crippen molar-refractivity contribution in [3.63, 3.8) is 0 Å². The lowest BCUT2D eigenvalue weighted by atomic mass is 10.1. The number of ketones is 1. The van der Waals surface area contributed by atoms with Crippen molar-refractivity contribution < 1.29 is 9.53 Å². The first-order valence-electron chi connectivity index (χ1n) is 5.44. The molecule has 0 atom stereocenters. The molecule has 0 saturated heterocycles. The average Bonchev–Trinajstić information content (AvgIpc) is 2.75. The maximum atomic E-state index is 12.1. The van der Waals surface area contributed by atoms with Gasteiger partial charge in [-0.2, -0.15) is 0 Å². The van der Waals surface area contributed by atoms with Crippen molar-refractivity contribution in [2.75, 3.05) is 7.11 Å². The average molecular weight is 309 g/mol. The lowest BCUT2D eigenvalue weighted by Crippen LogP contribution is -2.08. The van der Waals surface area contributed by atoms with Gasteiger partial charge in [-0.1, -0.05) is 0 Å². The highest BCUT2D eigenvalue weighted by Crippen LogP contribution is 2.25. The molecule has 0 fully saturated rings. The van der Waals surface area contributed by atoms with Crippen LogP contribution in [-0.4, -0.2) is 22.4 Å². The Morgan fingerprint density at radius 2 is 2.28 bits per heavy atom. The topological polar surface area (TPSA) is 44.1 Å². The van der Waals surface area contributed by atoms with E-state index in [4.69, 9.17) is 4.74 Å². The fraction of sp³-hybridized carbons (Fsp3) is 0.231. The highest BCUT2D eigenvalue weighted by molar-refractivity contribution is 9.10. The number of carbonyl (C=O) groups is 1. The van der Waals surface area contributed by atoms with E-state index >= 15 is 0 Å². The molecule has 0 amide bonds. The summed E-state index contributed by atoms with van der Waals surface area (Å²) in [5, 5.41) is 0. The van der Waals surface area contributed by atoms with Crippen LogP contribution in [0.25, 0.3) is 0 Å². The molecule has 0 bridgehead atoms. The first-order valence-corrected chi connectivity index (χ1v) is 6.24. The second-order valence-electron chi connectivity index (χ2n) is 3.90. The van der Waals surface area contributed by atoms with Crippen molar-refractivity contribution in [2.24, 2.45) is 7.05 Å². The molecular weight excluding hydrogens is 296 g/mol. The van der Waals surface area contributed by atoms with Crippen molar-refractivity contribution in [1.29, 1.82) is 0 Å². The minimum atomic E-state index is 0.0349. The lowest BCUT2D eigenvalue weighted by Gasteiger charge is -2.06. The van der Waals surface area contributed by atoms with E-state index in [0.29, 0.717) is 17.7 Å². The zero-order valence-corrected chi connectivity index (χ0v) is 11.8. The third-order valence-corrected chi connectivity index (χ3v) is 3.33. The molecule has 0 aliphatic rings. The highest BCUT2D eigenvalue weighted by atomic mass is 79.9. The number of hydrogen-bond donors (Lipinski definition) is 0. The van der Waals surface area contributed by atoms with Gasteiger partial charge in [0.2, 0.25) is 0 Å². The number of Topliss-reactive ketones (excluding diaryl/α,β-unsaturated/α-hetero) is 1. The number of aryl methyl sites for hydroxylation is 1. The van der Waals surface area contributed by atoms with Crippen LogP contribution in [0, 0.1) is 0 Å². The van der Waals surface area contributed by atoms with Gasteiger partial charge in [0.25, 0.3) is 0 Å². The lowest BCUT2D eigenvalue weighted by molar-refractivity contribution is 0.0990. The standard InChI is InChI=1S/C13H13BrN2O2/c1-16-6-5-15-13(16)8-11(17)9-3-4-12(18-2)10(14)7-9/h3-7H,8H2,1-2H3. The number of nitrogens with zero attached hydrogens (tertiary/aromatic N) is 2. The van der Waals surface area contributed by atoms with Crippen LogP contribution in [0.2, 0.25) is 0 Å². The third-order valence-electron chi connectivity index (χ3n) is 2.71. The smallest absolute Gasteiger partial charge is 0.170 e. The van der Waals surface area contributed by atoms with Gasteiger partial charge < -0.3 is 9.30 Å². The second-order valence-corrected chi connectivity index (χ2v) is 4.76. The number of aromatic nitrogens is 2. The van der Waals surface area contributed by atoms with Crippen LogP contribution in [-0.2, 0) is 13.5 Å². The molecule has 0 spiro atoms. The molecule has 0 radical (unpaired) electrons. The fourth-order valence-corrected chi connectivity index (χ4v) is 2.19. The summed E-state index contributed by atoms with van der Waals surface area (Å²) in [6.07, 6.45) is 3.81. The van der Waals surface area contributed by atoms with Crippen LogP contribution in [0.4, 0.5) is 0 Å². The van der Waals surface area contributed by atoms with Crippen molar-refractivity contribution in [3.8, 4) is 5.75 Å². The van der Waals surface area contributed by atoms with Crippen LogP contribution in [0.3, 0.4) is 0 Å². The second kappa shape index (κ2) is 5.35. The molecule has 2 rings (SSSR count). The van der Waals surface area contributed by atoms with Gasteiger partial charge in [0.15, 0.2) is 5.78 Å². The fourth-order valence-electron chi connectivity index (χ4n) is 1.65. The zero-order valence-electron chi connectivity index (χ0n) is 10.2. The van der Waals surface area contributed by atoms with E-state index < -0.39 is 0 Å². The number of ether oxygens (including phenoxy) is 1. The van der Waals surface area contributed by atoms with E-state index in [2.05, 4.69) is 20.9 Å².